The number of hydrogen-bond donors (Lipinski definition) is 0. The van der Waals surface area contributed by atoms with Crippen LogP contribution in [0.1, 0.15) is 106 Å². The van der Waals surface area contributed by atoms with Crippen molar-refractivity contribution in [1.29, 1.82) is 0 Å². The van der Waals surface area contributed by atoms with Crippen molar-refractivity contribution in [1.82, 2.24) is 0 Å². The van der Waals surface area contributed by atoms with E-state index in [4.69, 9.17) is 9.47 Å². The van der Waals surface area contributed by atoms with Crippen molar-refractivity contribution in [3.63, 3.8) is 0 Å². The zero-order valence-corrected chi connectivity index (χ0v) is 27.7. The van der Waals surface area contributed by atoms with Crippen molar-refractivity contribution < 1.29 is 19.1 Å². The Bertz CT molecular complexity index is 1370. The Morgan fingerprint density at radius 1 is 0.578 bits per heavy atom. The highest BCUT2D eigenvalue weighted by Crippen LogP contribution is 2.35. The fourth-order valence-corrected chi connectivity index (χ4v) is 7.32. The van der Waals surface area contributed by atoms with Gasteiger partial charge in [0.1, 0.15) is 11.5 Å². The summed E-state index contributed by atoms with van der Waals surface area (Å²) >= 11 is 0. The molecule has 0 unspecified atom stereocenters. The number of carbonyl (C=O) groups is 2. The lowest BCUT2D eigenvalue weighted by molar-refractivity contribution is -0.141. The fraction of sp³-hybridized carbons (Fsp3) is 0.512. The molecule has 2 aliphatic carbocycles. The van der Waals surface area contributed by atoms with Crippen LogP contribution in [-0.2, 0) is 35.3 Å². The van der Waals surface area contributed by atoms with E-state index in [0.29, 0.717) is 23.3 Å². The Morgan fingerprint density at radius 2 is 1.00 bits per heavy atom. The lowest BCUT2D eigenvalue weighted by Gasteiger charge is -2.27. The third-order valence-electron chi connectivity index (χ3n) is 10.1. The van der Waals surface area contributed by atoms with Gasteiger partial charge in [0.15, 0.2) is 0 Å². The molecule has 0 N–H and O–H groups in total. The lowest BCUT2D eigenvalue weighted by Crippen LogP contribution is -2.27. The second-order valence-electron chi connectivity index (χ2n) is 13.7. The van der Waals surface area contributed by atoms with E-state index in [9.17, 15) is 9.59 Å². The Labute approximate surface area is 270 Å². The van der Waals surface area contributed by atoms with E-state index >= 15 is 0 Å². The summed E-state index contributed by atoms with van der Waals surface area (Å²) in [7, 11) is 0. The van der Waals surface area contributed by atoms with Crippen LogP contribution in [0.5, 0.6) is 11.5 Å². The van der Waals surface area contributed by atoms with Gasteiger partial charge in [0.25, 0.3) is 0 Å². The minimum atomic E-state index is -0.143. The largest absolute Gasteiger partial charge is 0.426 e. The van der Waals surface area contributed by atoms with Gasteiger partial charge in [-0.25, -0.2) is 0 Å². The average molecular weight is 609 g/mol. The smallest absolute Gasteiger partial charge is 0.314 e. The van der Waals surface area contributed by atoms with Crippen molar-refractivity contribution >= 4 is 11.9 Å². The molecule has 45 heavy (non-hydrogen) atoms. The first-order valence-electron chi connectivity index (χ1n) is 17.6. The molecule has 0 saturated heterocycles. The number of ether oxygens (including phenoxy) is 2. The first kappa shape index (κ1) is 33.0. The number of carbonyl (C=O) groups excluding carboxylic acids is 2. The minimum Gasteiger partial charge on any atom is -0.426 e. The fourth-order valence-electron chi connectivity index (χ4n) is 7.32. The summed E-state index contributed by atoms with van der Waals surface area (Å²) in [5.74, 6) is 1.93. The third-order valence-corrected chi connectivity index (χ3v) is 10.1. The van der Waals surface area contributed by atoms with Gasteiger partial charge in [0.2, 0.25) is 0 Å². The molecule has 3 aromatic carbocycles. The second kappa shape index (κ2) is 16.2. The monoisotopic (exact) mass is 608 g/mol. The van der Waals surface area contributed by atoms with E-state index in [1.807, 2.05) is 13.0 Å². The van der Waals surface area contributed by atoms with Crippen LogP contribution < -0.4 is 9.47 Å². The molecule has 0 bridgehead atoms. The third kappa shape index (κ3) is 9.55. The summed E-state index contributed by atoms with van der Waals surface area (Å²) in [6, 6.07) is 23.5. The summed E-state index contributed by atoms with van der Waals surface area (Å²) in [4.78, 5) is 26.0. The molecule has 0 amide bonds. The summed E-state index contributed by atoms with van der Waals surface area (Å²) in [5, 5.41) is 0. The average Bonchev–Trinajstić information content (AvgIpc) is 3.05. The Kier molecular flexibility index (Phi) is 11.9. The van der Waals surface area contributed by atoms with Crippen LogP contribution in [0.2, 0.25) is 0 Å². The quantitative estimate of drug-likeness (QED) is 0.152. The zero-order valence-electron chi connectivity index (χ0n) is 27.7. The Balaban J connectivity index is 1.03. The summed E-state index contributed by atoms with van der Waals surface area (Å²) in [6.45, 7) is 6.33. The number of benzene rings is 3. The molecule has 2 fully saturated rings. The molecule has 5 rings (SSSR count). The summed E-state index contributed by atoms with van der Waals surface area (Å²) in [5.41, 5.74) is 6.42. The number of rotatable bonds is 12. The van der Waals surface area contributed by atoms with E-state index in [1.54, 1.807) is 12.1 Å². The number of esters is 2. The van der Waals surface area contributed by atoms with Crippen LogP contribution >= 0.6 is 0 Å². The van der Waals surface area contributed by atoms with E-state index < -0.39 is 0 Å². The van der Waals surface area contributed by atoms with Gasteiger partial charge in [0, 0.05) is 0 Å². The van der Waals surface area contributed by atoms with Gasteiger partial charge in [0.05, 0.1) is 11.8 Å². The highest BCUT2D eigenvalue weighted by Gasteiger charge is 2.30. The second-order valence-corrected chi connectivity index (χ2v) is 13.7. The van der Waals surface area contributed by atoms with E-state index in [2.05, 4.69) is 62.4 Å². The zero-order chi connectivity index (χ0) is 31.6. The molecule has 0 radical (unpaired) electrons. The molecule has 0 heterocycles. The first-order valence-corrected chi connectivity index (χ1v) is 17.6. The van der Waals surface area contributed by atoms with Crippen molar-refractivity contribution in [2.24, 2.45) is 23.7 Å². The highest BCUT2D eigenvalue weighted by atomic mass is 16.5. The summed E-state index contributed by atoms with van der Waals surface area (Å²) < 4.78 is 11.7. The molecule has 0 atom stereocenters. The van der Waals surface area contributed by atoms with Gasteiger partial charge < -0.3 is 9.47 Å². The standard InChI is InChI=1S/C41H52O4/c1-4-6-30-8-12-32(13-9-30)27-34-16-20-36(21-17-34)40(42)44-38-24-25-39(29(3)26-38)45-41(43)37-22-18-35(19-23-37)28-33-14-10-31(7-5-2)11-15-33/h8-15,24-26,34-37H,4-7,16-23,27-28H2,1-3H3. The maximum Gasteiger partial charge on any atom is 0.314 e. The van der Waals surface area contributed by atoms with E-state index in [1.165, 1.54) is 35.1 Å². The molecule has 0 aromatic heterocycles. The van der Waals surface area contributed by atoms with Crippen molar-refractivity contribution in [2.45, 2.75) is 111 Å². The molecule has 4 nitrogen and oxygen atoms in total. The van der Waals surface area contributed by atoms with Gasteiger partial charge in [-0.2, -0.15) is 0 Å². The highest BCUT2D eigenvalue weighted by molar-refractivity contribution is 5.77. The van der Waals surface area contributed by atoms with E-state index in [0.717, 1.165) is 82.6 Å². The Hall–Kier alpha value is -3.40. The number of aryl methyl sites for hydroxylation is 3. The molecule has 0 aliphatic heterocycles. The first-order chi connectivity index (χ1) is 21.9. The maximum absolute atomic E-state index is 13.0. The molecular weight excluding hydrogens is 556 g/mol. The molecular formula is C41H52O4. The van der Waals surface area contributed by atoms with Crippen LogP contribution in [0.4, 0.5) is 0 Å². The molecule has 0 spiro atoms. The van der Waals surface area contributed by atoms with Crippen LogP contribution in [0.15, 0.2) is 66.7 Å². The van der Waals surface area contributed by atoms with Gasteiger partial charge in [-0.05, 0) is 142 Å². The predicted octanol–water partition coefficient (Wildman–Crippen LogP) is 9.81. The van der Waals surface area contributed by atoms with E-state index in [-0.39, 0.29) is 23.8 Å². The topological polar surface area (TPSA) is 52.6 Å². The van der Waals surface area contributed by atoms with Crippen LogP contribution in [-0.4, -0.2) is 11.9 Å². The van der Waals surface area contributed by atoms with Crippen LogP contribution in [0, 0.1) is 30.6 Å². The molecule has 2 aliphatic rings. The predicted molar refractivity (Wildman–Crippen MR) is 182 cm³/mol. The lowest BCUT2D eigenvalue weighted by atomic mass is 9.79. The molecule has 2 saturated carbocycles. The SMILES string of the molecule is CCCc1ccc(CC2CCC(C(=O)Oc3ccc(OC(=O)C4CCC(Cc5ccc(CCC)cc5)CC4)c(C)c3)CC2)cc1. The van der Waals surface area contributed by atoms with Gasteiger partial charge in [-0.1, -0.05) is 75.2 Å². The van der Waals surface area contributed by atoms with Crippen LogP contribution in [0.3, 0.4) is 0 Å². The van der Waals surface area contributed by atoms with Gasteiger partial charge in [-0.3, -0.25) is 9.59 Å². The number of hydrogen-bond acceptors (Lipinski definition) is 4. The Morgan fingerprint density at radius 3 is 1.42 bits per heavy atom. The molecule has 4 heteroatoms. The normalized spacial score (nSPS) is 21.7. The molecule has 240 valence electrons. The maximum atomic E-state index is 13.0. The van der Waals surface area contributed by atoms with Crippen molar-refractivity contribution in [2.75, 3.05) is 0 Å². The van der Waals surface area contributed by atoms with Gasteiger partial charge >= 0.3 is 11.9 Å². The van der Waals surface area contributed by atoms with Crippen molar-refractivity contribution in [3.05, 3.63) is 94.5 Å². The minimum absolute atomic E-state index is 0.0541. The summed E-state index contributed by atoms with van der Waals surface area (Å²) in [6.07, 6.45) is 14.5. The van der Waals surface area contributed by atoms with Crippen molar-refractivity contribution in [3.8, 4) is 11.5 Å². The van der Waals surface area contributed by atoms with Gasteiger partial charge in [-0.15, -0.1) is 0 Å². The van der Waals surface area contributed by atoms with Crippen LogP contribution in [0.25, 0.3) is 0 Å². The molecule has 3 aromatic rings.